The van der Waals surface area contributed by atoms with Crippen LogP contribution >= 0.6 is 0 Å². The molecule has 1 aromatic rings. The Labute approximate surface area is 159 Å². The number of hydrogen-bond acceptors (Lipinski definition) is 3. The molecule has 1 aromatic carbocycles. The highest BCUT2D eigenvalue weighted by Gasteiger charge is 2.63. The molecule has 3 N–H and O–H groups in total. The first-order valence-corrected chi connectivity index (χ1v) is 9.81. The Kier molecular flexibility index (Phi) is 5.34. The molecule has 0 aliphatic heterocycles. The van der Waals surface area contributed by atoms with Gasteiger partial charge in [-0.3, -0.25) is 4.79 Å². The maximum Gasteiger partial charge on any atom is 0.240 e. The molecule has 0 aromatic heterocycles. The van der Waals surface area contributed by atoms with Gasteiger partial charge in [-0.05, 0) is 31.9 Å². The van der Waals surface area contributed by atoms with Crippen LogP contribution in [-0.2, 0) is 14.9 Å². The Balaban J connectivity index is 1.77. The van der Waals surface area contributed by atoms with Crippen LogP contribution in [0.25, 0.3) is 0 Å². The highest BCUT2D eigenvalue weighted by atomic mass is 19.1. The number of hydrogen-bond donors (Lipinski definition) is 2. The minimum atomic E-state index is -1.04. The van der Waals surface area contributed by atoms with Gasteiger partial charge in [-0.15, -0.1) is 0 Å². The van der Waals surface area contributed by atoms with Gasteiger partial charge in [-0.1, -0.05) is 32.8 Å². The number of benzene rings is 1. The summed E-state index contributed by atoms with van der Waals surface area (Å²) in [6, 6.07) is 3.94. The Morgan fingerprint density at radius 3 is 2.37 bits per heavy atom. The summed E-state index contributed by atoms with van der Waals surface area (Å²) >= 11 is 0. The minimum Gasteiger partial charge on any atom is -0.378 e. The number of halogens is 2. The average Bonchev–Trinajstić information content (AvgIpc) is 3.08. The molecule has 0 radical (unpaired) electrons. The molecule has 2 aliphatic rings. The van der Waals surface area contributed by atoms with E-state index in [9.17, 15) is 13.6 Å². The Hall–Kier alpha value is -1.53. The predicted octanol–water partition coefficient (Wildman–Crippen LogP) is 3.43. The Bertz CT molecular complexity index is 696. The lowest BCUT2D eigenvalue weighted by molar-refractivity contribution is -0.170. The second-order valence-corrected chi connectivity index (χ2v) is 8.61. The standard InChI is InChI=1S/C21H30F2N2O2/c1-4-27-16-12-21(24,19(16,2)3)18(26)25-13-20(10-5-6-11-20)17-14(22)8-7-9-15(17)23/h7-9,16H,4-6,10-13,24H2,1-3H3,(H,25,26). The zero-order valence-corrected chi connectivity index (χ0v) is 16.4. The summed E-state index contributed by atoms with van der Waals surface area (Å²) in [5, 5.41) is 2.93. The van der Waals surface area contributed by atoms with E-state index in [0.717, 1.165) is 12.8 Å². The smallest absolute Gasteiger partial charge is 0.240 e. The number of ether oxygens (including phenoxy) is 1. The molecule has 2 saturated carbocycles. The zero-order chi connectivity index (χ0) is 19.9. The maximum absolute atomic E-state index is 14.4. The molecular weight excluding hydrogens is 350 g/mol. The fourth-order valence-corrected chi connectivity index (χ4v) is 4.80. The lowest BCUT2D eigenvalue weighted by Gasteiger charge is -2.57. The van der Waals surface area contributed by atoms with E-state index < -0.39 is 28.0 Å². The summed E-state index contributed by atoms with van der Waals surface area (Å²) < 4.78 is 34.6. The van der Waals surface area contributed by atoms with E-state index in [2.05, 4.69) is 5.32 Å². The third kappa shape index (κ3) is 3.17. The molecule has 27 heavy (non-hydrogen) atoms. The van der Waals surface area contributed by atoms with Gasteiger partial charge in [0, 0.05) is 36.0 Å². The van der Waals surface area contributed by atoms with Crippen LogP contribution in [0.15, 0.2) is 18.2 Å². The van der Waals surface area contributed by atoms with Crippen LogP contribution in [0, 0.1) is 17.0 Å². The molecule has 0 heterocycles. The van der Waals surface area contributed by atoms with Gasteiger partial charge in [-0.25, -0.2) is 8.78 Å². The molecule has 0 bridgehead atoms. The predicted molar refractivity (Wildman–Crippen MR) is 100 cm³/mol. The van der Waals surface area contributed by atoms with Crippen LogP contribution in [0.5, 0.6) is 0 Å². The SMILES string of the molecule is CCOC1CC(N)(C(=O)NCC2(c3c(F)cccc3F)CCCC2)C1(C)C. The molecule has 2 fully saturated rings. The van der Waals surface area contributed by atoms with E-state index >= 15 is 0 Å². The van der Waals surface area contributed by atoms with E-state index in [1.807, 2.05) is 20.8 Å². The van der Waals surface area contributed by atoms with Crippen LogP contribution in [0.1, 0.15) is 58.4 Å². The molecule has 0 spiro atoms. The molecule has 4 nitrogen and oxygen atoms in total. The second kappa shape index (κ2) is 7.13. The van der Waals surface area contributed by atoms with Crippen molar-refractivity contribution in [3.05, 3.63) is 35.4 Å². The molecule has 2 unspecified atom stereocenters. The van der Waals surface area contributed by atoms with Crippen molar-refractivity contribution in [2.45, 2.75) is 69.9 Å². The van der Waals surface area contributed by atoms with Crippen LogP contribution in [-0.4, -0.2) is 30.7 Å². The topological polar surface area (TPSA) is 64.3 Å². The van der Waals surface area contributed by atoms with Crippen molar-refractivity contribution >= 4 is 5.91 Å². The number of nitrogens with one attached hydrogen (secondary N) is 1. The number of rotatable bonds is 6. The van der Waals surface area contributed by atoms with Crippen LogP contribution < -0.4 is 11.1 Å². The van der Waals surface area contributed by atoms with Crippen molar-refractivity contribution in [3.8, 4) is 0 Å². The summed E-state index contributed by atoms with van der Waals surface area (Å²) in [4.78, 5) is 12.9. The second-order valence-electron chi connectivity index (χ2n) is 8.61. The van der Waals surface area contributed by atoms with E-state index in [1.165, 1.54) is 18.2 Å². The summed E-state index contributed by atoms with van der Waals surface area (Å²) in [7, 11) is 0. The van der Waals surface area contributed by atoms with Crippen molar-refractivity contribution in [2.75, 3.05) is 13.2 Å². The molecule has 2 atom stereocenters. The van der Waals surface area contributed by atoms with E-state index in [0.29, 0.717) is 25.9 Å². The highest BCUT2D eigenvalue weighted by Crippen LogP contribution is 2.50. The molecular formula is C21H30F2N2O2. The minimum absolute atomic E-state index is 0.0669. The van der Waals surface area contributed by atoms with E-state index in [1.54, 1.807) is 0 Å². The average molecular weight is 380 g/mol. The van der Waals surface area contributed by atoms with Gasteiger partial charge in [0.05, 0.1) is 6.10 Å². The maximum atomic E-state index is 14.4. The fraction of sp³-hybridized carbons (Fsp3) is 0.667. The monoisotopic (exact) mass is 380 g/mol. The van der Waals surface area contributed by atoms with Crippen molar-refractivity contribution < 1.29 is 18.3 Å². The van der Waals surface area contributed by atoms with Crippen molar-refractivity contribution in [2.24, 2.45) is 11.1 Å². The summed E-state index contributed by atoms with van der Waals surface area (Å²) in [5.74, 6) is -1.37. The summed E-state index contributed by atoms with van der Waals surface area (Å²) in [6.07, 6.45) is 3.44. The third-order valence-electron chi connectivity index (χ3n) is 6.88. The molecule has 1 amide bonds. The summed E-state index contributed by atoms with van der Waals surface area (Å²) in [6.45, 7) is 6.54. The lowest BCUT2D eigenvalue weighted by atomic mass is 9.54. The third-order valence-corrected chi connectivity index (χ3v) is 6.88. The van der Waals surface area contributed by atoms with Gasteiger partial charge in [0.2, 0.25) is 5.91 Å². The van der Waals surface area contributed by atoms with Gasteiger partial charge in [0.15, 0.2) is 0 Å². The number of carbonyl (C=O) groups excluding carboxylic acids is 1. The molecule has 0 saturated heterocycles. The first-order valence-electron chi connectivity index (χ1n) is 9.81. The quantitative estimate of drug-likeness (QED) is 0.795. The number of amides is 1. The van der Waals surface area contributed by atoms with Gasteiger partial charge >= 0.3 is 0 Å². The van der Waals surface area contributed by atoms with Crippen LogP contribution in [0.3, 0.4) is 0 Å². The molecule has 150 valence electrons. The Morgan fingerprint density at radius 2 is 1.85 bits per heavy atom. The van der Waals surface area contributed by atoms with Crippen molar-refractivity contribution in [3.63, 3.8) is 0 Å². The van der Waals surface area contributed by atoms with Crippen LogP contribution in [0.4, 0.5) is 8.78 Å². The first-order chi connectivity index (χ1) is 12.7. The zero-order valence-electron chi connectivity index (χ0n) is 16.4. The molecule has 6 heteroatoms. The van der Waals surface area contributed by atoms with Gasteiger partial charge in [0.1, 0.15) is 17.2 Å². The molecule has 3 rings (SSSR count). The lowest BCUT2D eigenvalue weighted by Crippen LogP contribution is -2.76. The molecule has 2 aliphatic carbocycles. The van der Waals surface area contributed by atoms with Crippen LogP contribution in [0.2, 0.25) is 0 Å². The normalized spacial score (nSPS) is 28.6. The Morgan fingerprint density at radius 1 is 1.26 bits per heavy atom. The number of carbonyl (C=O) groups is 1. The first kappa shape index (κ1) is 20.2. The van der Waals surface area contributed by atoms with E-state index in [4.69, 9.17) is 10.5 Å². The van der Waals surface area contributed by atoms with Crippen molar-refractivity contribution in [1.82, 2.24) is 5.32 Å². The van der Waals surface area contributed by atoms with Gasteiger partial charge in [-0.2, -0.15) is 0 Å². The van der Waals surface area contributed by atoms with Gasteiger partial charge in [0.25, 0.3) is 0 Å². The number of nitrogens with two attached hydrogens (primary N) is 1. The summed E-state index contributed by atoms with van der Waals surface area (Å²) in [5.41, 5.74) is 4.27. The van der Waals surface area contributed by atoms with Gasteiger partial charge < -0.3 is 15.8 Å². The van der Waals surface area contributed by atoms with Crippen molar-refractivity contribution in [1.29, 1.82) is 0 Å². The fourth-order valence-electron chi connectivity index (χ4n) is 4.80. The largest absolute Gasteiger partial charge is 0.378 e. The van der Waals surface area contributed by atoms with E-state index in [-0.39, 0.29) is 24.1 Å². The highest BCUT2D eigenvalue weighted by molar-refractivity contribution is 5.89.